The molecule has 4 nitrogen and oxygen atoms in total. The maximum absolute atomic E-state index is 11.1. The zero-order valence-electron chi connectivity index (χ0n) is 11.0. The van der Waals surface area contributed by atoms with Gasteiger partial charge in [-0.15, -0.1) is 0 Å². The van der Waals surface area contributed by atoms with Gasteiger partial charge in [0.15, 0.2) is 6.61 Å². The Kier molecular flexibility index (Phi) is 6.22. The lowest BCUT2D eigenvalue weighted by Gasteiger charge is -2.10. The van der Waals surface area contributed by atoms with E-state index < -0.39 is 0 Å². The van der Waals surface area contributed by atoms with E-state index in [1.165, 1.54) is 5.56 Å². The Balaban J connectivity index is 2.42. The fourth-order valence-corrected chi connectivity index (χ4v) is 1.51. The molecule has 0 bridgehead atoms. The Morgan fingerprint density at radius 1 is 1.28 bits per heavy atom. The summed E-state index contributed by atoms with van der Waals surface area (Å²) in [7, 11) is 0. The van der Waals surface area contributed by atoms with Crippen molar-refractivity contribution in [2.24, 2.45) is 5.73 Å². The molecule has 4 heteroatoms. The Labute approximate surface area is 108 Å². The van der Waals surface area contributed by atoms with Gasteiger partial charge in [0.1, 0.15) is 5.75 Å². The van der Waals surface area contributed by atoms with Crippen molar-refractivity contribution in [1.29, 1.82) is 0 Å². The first-order chi connectivity index (χ1) is 8.65. The van der Waals surface area contributed by atoms with Gasteiger partial charge in [0, 0.05) is 6.04 Å². The van der Waals surface area contributed by atoms with Crippen LogP contribution in [0.25, 0.3) is 0 Å². The van der Waals surface area contributed by atoms with Gasteiger partial charge in [-0.3, -0.25) is 0 Å². The van der Waals surface area contributed by atoms with Crippen LogP contribution in [0.1, 0.15) is 25.8 Å². The van der Waals surface area contributed by atoms with Crippen molar-refractivity contribution in [3.63, 3.8) is 0 Å². The standard InChI is InChI=1S/C14H21NO3/c1-3-12(15)9-11-5-7-13(8-6-11)18-10-14(16)17-4-2/h5-8,12H,3-4,9-10,15H2,1-2H3. The Morgan fingerprint density at radius 2 is 1.94 bits per heavy atom. The molecule has 0 spiro atoms. The molecule has 0 fully saturated rings. The fourth-order valence-electron chi connectivity index (χ4n) is 1.51. The Morgan fingerprint density at radius 3 is 2.50 bits per heavy atom. The minimum Gasteiger partial charge on any atom is -0.482 e. The molecule has 1 atom stereocenters. The smallest absolute Gasteiger partial charge is 0.344 e. The highest BCUT2D eigenvalue weighted by Gasteiger charge is 2.04. The minimum atomic E-state index is -0.352. The molecule has 0 aliphatic rings. The third-order valence-corrected chi connectivity index (χ3v) is 2.61. The number of esters is 1. The van der Waals surface area contributed by atoms with Crippen LogP contribution in [0.3, 0.4) is 0 Å². The van der Waals surface area contributed by atoms with Gasteiger partial charge >= 0.3 is 5.97 Å². The van der Waals surface area contributed by atoms with E-state index in [1.807, 2.05) is 24.3 Å². The predicted octanol–water partition coefficient (Wildman–Crippen LogP) is 1.91. The Hall–Kier alpha value is -1.55. The molecule has 0 saturated heterocycles. The average Bonchev–Trinajstić information content (AvgIpc) is 2.38. The lowest BCUT2D eigenvalue weighted by Crippen LogP contribution is -2.21. The van der Waals surface area contributed by atoms with Crippen LogP contribution in [0.2, 0.25) is 0 Å². The minimum absolute atomic E-state index is 0.0539. The highest BCUT2D eigenvalue weighted by Crippen LogP contribution is 2.13. The second-order valence-electron chi connectivity index (χ2n) is 4.11. The summed E-state index contributed by atoms with van der Waals surface area (Å²) < 4.78 is 10.1. The van der Waals surface area contributed by atoms with Gasteiger partial charge in [-0.25, -0.2) is 4.79 Å². The molecule has 0 radical (unpaired) electrons. The van der Waals surface area contributed by atoms with Crippen LogP contribution < -0.4 is 10.5 Å². The summed E-state index contributed by atoms with van der Waals surface area (Å²) >= 11 is 0. The second kappa shape index (κ2) is 7.71. The molecule has 2 N–H and O–H groups in total. The molecule has 1 aromatic rings. The topological polar surface area (TPSA) is 61.5 Å². The summed E-state index contributed by atoms with van der Waals surface area (Å²) in [4.78, 5) is 11.1. The molecule has 0 amide bonds. The number of carbonyl (C=O) groups excluding carboxylic acids is 1. The molecule has 18 heavy (non-hydrogen) atoms. The highest BCUT2D eigenvalue weighted by molar-refractivity contribution is 5.71. The van der Waals surface area contributed by atoms with Crippen LogP contribution in [0.15, 0.2) is 24.3 Å². The molecule has 1 unspecified atom stereocenters. The first-order valence-corrected chi connectivity index (χ1v) is 6.28. The van der Waals surface area contributed by atoms with E-state index in [4.69, 9.17) is 15.2 Å². The number of ether oxygens (including phenoxy) is 2. The van der Waals surface area contributed by atoms with Gasteiger partial charge in [0.05, 0.1) is 6.61 Å². The van der Waals surface area contributed by atoms with Crippen molar-refractivity contribution in [3.05, 3.63) is 29.8 Å². The molecule has 1 aromatic carbocycles. The number of hydrogen-bond donors (Lipinski definition) is 1. The maximum atomic E-state index is 11.1. The molecular weight excluding hydrogens is 230 g/mol. The third kappa shape index (κ3) is 5.19. The third-order valence-electron chi connectivity index (χ3n) is 2.61. The van der Waals surface area contributed by atoms with E-state index in [0.29, 0.717) is 12.4 Å². The SMILES string of the molecule is CCOC(=O)COc1ccc(CC(N)CC)cc1. The molecule has 1 rings (SSSR count). The van der Waals surface area contributed by atoms with Crippen molar-refractivity contribution in [3.8, 4) is 5.75 Å². The fraction of sp³-hybridized carbons (Fsp3) is 0.500. The van der Waals surface area contributed by atoms with Gasteiger partial charge < -0.3 is 15.2 Å². The molecule has 0 aliphatic heterocycles. The number of carbonyl (C=O) groups is 1. The largest absolute Gasteiger partial charge is 0.482 e. The van der Waals surface area contributed by atoms with Crippen molar-refractivity contribution < 1.29 is 14.3 Å². The summed E-state index contributed by atoms with van der Waals surface area (Å²) in [6.45, 7) is 4.16. The van der Waals surface area contributed by atoms with Gasteiger partial charge in [-0.1, -0.05) is 19.1 Å². The zero-order valence-corrected chi connectivity index (χ0v) is 11.0. The van der Waals surface area contributed by atoms with Crippen LogP contribution in [-0.4, -0.2) is 25.2 Å². The zero-order chi connectivity index (χ0) is 13.4. The van der Waals surface area contributed by atoms with Crippen LogP contribution >= 0.6 is 0 Å². The van der Waals surface area contributed by atoms with Crippen molar-refractivity contribution >= 4 is 5.97 Å². The van der Waals surface area contributed by atoms with E-state index in [9.17, 15) is 4.79 Å². The summed E-state index contributed by atoms with van der Waals surface area (Å²) in [5, 5.41) is 0. The van der Waals surface area contributed by atoms with Gasteiger partial charge in [0.2, 0.25) is 0 Å². The first kappa shape index (κ1) is 14.5. The highest BCUT2D eigenvalue weighted by atomic mass is 16.6. The number of nitrogens with two attached hydrogens (primary N) is 1. The second-order valence-corrected chi connectivity index (χ2v) is 4.11. The van der Waals surface area contributed by atoms with E-state index in [-0.39, 0.29) is 18.6 Å². The summed E-state index contributed by atoms with van der Waals surface area (Å²) in [6.07, 6.45) is 1.82. The van der Waals surface area contributed by atoms with E-state index in [2.05, 4.69) is 6.92 Å². The normalized spacial score (nSPS) is 11.9. The van der Waals surface area contributed by atoms with Crippen molar-refractivity contribution in [2.45, 2.75) is 32.7 Å². The number of hydrogen-bond acceptors (Lipinski definition) is 4. The van der Waals surface area contributed by atoms with E-state index >= 15 is 0 Å². The van der Waals surface area contributed by atoms with E-state index in [1.54, 1.807) is 6.92 Å². The summed E-state index contributed by atoms with van der Waals surface area (Å²) in [5.74, 6) is 0.312. The molecule has 0 aliphatic carbocycles. The summed E-state index contributed by atoms with van der Waals surface area (Å²) in [6, 6.07) is 7.82. The average molecular weight is 251 g/mol. The predicted molar refractivity (Wildman–Crippen MR) is 70.5 cm³/mol. The lowest BCUT2D eigenvalue weighted by molar-refractivity contribution is -0.145. The first-order valence-electron chi connectivity index (χ1n) is 6.28. The van der Waals surface area contributed by atoms with Crippen LogP contribution in [0.5, 0.6) is 5.75 Å². The Bertz CT molecular complexity index is 362. The van der Waals surface area contributed by atoms with Crippen molar-refractivity contribution in [2.75, 3.05) is 13.2 Å². The maximum Gasteiger partial charge on any atom is 0.344 e. The van der Waals surface area contributed by atoms with Crippen LogP contribution in [0, 0.1) is 0 Å². The lowest BCUT2D eigenvalue weighted by atomic mass is 10.0. The van der Waals surface area contributed by atoms with Gasteiger partial charge in [-0.2, -0.15) is 0 Å². The molecule has 100 valence electrons. The molecule has 0 saturated carbocycles. The number of benzene rings is 1. The van der Waals surface area contributed by atoms with Gasteiger partial charge in [0.25, 0.3) is 0 Å². The monoisotopic (exact) mass is 251 g/mol. The number of rotatable bonds is 7. The quantitative estimate of drug-likeness (QED) is 0.752. The van der Waals surface area contributed by atoms with Crippen LogP contribution in [-0.2, 0) is 16.0 Å². The van der Waals surface area contributed by atoms with Crippen molar-refractivity contribution in [1.82, 2.24) is 0 Å². The molecule has 0 aromatic heterocycles. The summed E-state index contributed by atoms with van der Waals surface area (Å²) in [5.41, 5.74) is 7.06. The van der Waals surface area contributed by atoms with Crippen LogP contribution in [0.4, 0.5) is 0 Å². The van der Waals surface area contributed by atoms with Gasteiger partial charge in [-0.05, 0) is 37.5 Å². The molecular formula is C14H21NO3. The van der Waals surface area contributed by atoms with E-state index in [0.717, 1.165) is 12.8 Å². The molecule has 0 heterocycles.